The number of aromatic nitrogens is 2. The summed E-state index contributed by atoms with van der Waals surface area (Å²) in [5.41, 5.74) is 1.94. The number of hydrogen-bond acceptors (Lipinski definition) is 7. The average molecular weight is 573 g/mol. The number of carbonyl (C=O) groups is 1. The maximum atomic E-state index is 14.2. The number of amides is 1. The fourth-order valence-electron chi connectivity index (χ4n) is 5.18. The monoisotopic (exact) mass is 572 g/mol. The lowest BCUT2D eigenvalue weighted by Gasteiger charge is -2.28. The quantitative estimate of drug-likeness (QED) is 0.300. The van der Waals surface area contributed by atoms with Crippen molar-refractivity contribution in [2.24, 2.45) is 7.05 Å². The summed E-state index contributed by atoms with van der Waals surface area (Å²) < 4.78 is 41.9. The first kappa shape index (κ1) is 28.7. The first-order valence-electron chi connectivity index (χ1n) is 12.7. The van der Waals surface area contributed by atoms with Crippen molar-refractivity contribution in [3.8, 4) is 11.8 Å². The van der Waals surface area contributed by atoms with Crippen LogP contribution < -0.4 is 13.8 Å². The van der Waals surface area contributed by atoms with Crippen LogP contribution in [0.4, 0.5) is 5.69 Å². The third kappa shape index (κ3) is 5.41. The van der Waals surface area contributed by atoms with E-state index in [-0.39, 0.29) is 41.2 Å². The average Bonchev–Trinajstić information content (AvgIpc) is 3.24. The van der Waals surface area contributed by atoms with E-state index in [9.17, 15) is 13.2 Å². The number of halogens is 1. The number of fused-ring (bicyclic) bond motifs is 3. The Morgan fingerprint density at radius 3 is 2.38 bits per heavy atom. The first-order valence-corrected chi connectivity index (χ1v) is 14.2. The number of piperidine rings is 1. The van der Waals surface area contributed by atoms with Crippen molar-refractivity contribution < 1.29 is 22.7 Å². The van der Waals surface area contributed by atoms with Gasteiger partial charge in [0.05, 0.1) is 19.1 Å². The number of methoxy groups -OCH3 is 2. The molecule has 2 aromatic heterocycles. The standard InChI is InChI=1S/C28H32N4O5S.ClH/c1-30-23-10-6-5-9-21(23)22-19-20(11-12-24(22)30)38(34,35)32(25-13-14-26(36-2)29-28(25)37-3)27(33)15-18-31-16-7-4-8-17-31;/h5-6,9-14,19H,4,7-8,15-18H2,1-3H3;1H. The summed E-state index contributed by atoms with van der Waals surface area (Å²) in [5, 5.41) is 1.73. The van der Waals surface area contributed by atoms with Gasteiger partial charge in [-0.1, -0.05) is 24.6 Å². The lowest BCUT2D eigenvalue weighted by Crippen LogP contribution is -2.40. The summed E-state index contributed by atoms with van der Waals surface area (Å²) in [6, 6.07) is 15.8. The Morgan fingerprint density at radius 1 is 0.949 bits per heavy atom. The van der Waals surface area contributed by atoms with Gasteiger partial charge in [0.15, 0.2) is 0 Å². The summed E-state index contributed by atoms with van der Waals surface area (Å²) in [7, 11) is 0.476. The van der Waals surface area contributed by atoms with Gasteiger partial charge in [0.1, 0.15) is 5.69 Å². The van der Waals surface area contributed by atoms with Crippen LogP contribution in [-0.2, 0) is 21.9 Å². The molecule has 0 N–H and O–H groups in total. The van der Waals surface area contributed by atoms with E-state index in [1.165, 1.54) is 32.8 Å². The molecule has 3 heterocycles. The molecular formula is C28H33ClN4O5S. The van der Waals surface area contributed by atoms with Crippen LogP contribution in [0.2, 0.25) is 0 Å². The predicted octanol–water partition coefficient (Wildman–Crippen LogP) is 4.76. The molecule has 4 aromatic rings. The number of para-hydroxylation sites is 1. The van der Waals surface area contributed by atoms with Crippen LogP contribution in [0, 0.1) is 0 Å². The van der Waals surface area contributed by atoms with Crippen molar-refractivity contribution in [2.45, 2.75) is 30.6 Å². The van der Waals surface area contributed by atoms with Gasteiger partial charge in [-0.3, -0.25) is 4.79 Å². The number of benzene rings is 2. The minimum atomic E-state index is -4.31. The molecule has 1 fully saturated rings. The molecule has 0 atom stereocenters. The number of rotatable bonds is 8. The molecule has 9 nitrogen and oxygen atoms in total. The molecule has 0 saturated carbocycles. The molecule has 0 radical (unpaired) electrons. The number of ether oxygens (including phenoxy) is 2. The number of anilines is 1. The fourth-order valence-corrected chi connectivity index (χ4v) is 6.66. The van der Waals surface area contributed by atoms with Crippen molar-refractivity contribution in [3.63, 3.8) is 0 Å². The molecule has 1 aliphatic heterocycles. The van der Waals surface area contributed by atoms with Gasteiger partial charge in [0.2, 0.25) is 17.7 Å². The normalized spacial score (nSPS) is 14.2. The van der Waals surface area contributed by atoms with E-state index in [0.717, 1.165) is 52.0 Å². The fraction of sp³-hybridized carbons (Fsp3) is 0.357. The second-order valence-corrected chi connectivity index (χ2v) is 11.2. The Hall–Kier alpha value is -3.34. The highest BCUT2D eigenvalue weighted by molar-refractivity contribution is 7.93. The lowest BCUT2D eigenvalue weighted by atomic mass is 10.1. The maximum Gasteiger partial charge on any atom is 0.271 e. The Kier molecular flexibility index (Phi) is 8.68. The smallest absolute Gasteiger partial charge is 0.271 e. The van der Waals surface area contributed by atoms with Crippen molar-refractivity contribution in [2.75, 3.05) is 38.2 Å². The second kappa shape index (κ2) is 11.8. The minimum absolute atomic E-state index is 0. The number of pyridine rings is 1. The SMILES string of the molecule is COc1ccc(N(C(=O)CCN2CCCCC2)S(=O)(=O)c2ccc3c(c2)c2ccccc2n3C)c(OC)n1.Cl. The molecule has 1 amide bonds. The third-order valence-electron chi connectivity index (χ3n) is 7.18. The second-order valence-electron chi connectivity index (χ2n) is 9.45. The molecule has 2 aromatic carbocycles. The number of aryl methyl sites for hydroxylation is 1. The Bertz CT molecular complexity index is 1600. The van der Waals surface area contributed by atoms with Crippen molar-refractivity contribution in [1.29, 1.82) is 0 Å². The van der Waals surface area contributed by atoms with Crippen LogP contribution in [0.25, 0.3) is 21.8 Å². The summed E-state index contributed by atoms with van der Waals surface area (Å²) in [6.45, 7) is 2.30. The molecular weight excluding hydrogens is 540 g/mol. The molecule has 39 heavy (non-hydrogen) atoms. The van der Waals surface area contributed by atoms with Gasteiger partial charge in [-0.15, -0.1) is 12.4 Å². The van der Waals surface area contributed by atoms with E-state index in [2.05, 4.69) is 9.88 Å². The molecule has 1 saturated heterocycles. The van der Waals surface area contributed by atoms with E-state index >= 15 is 0 Å². The van der Waals surface area contributed by atoms with Crippen molar-refractivity contribution >= 4 is 55.8 Å². The topological polar surface area (TPSA) is 94.0 Å². The van der Waals surface area contributed by atoms with Crippen LogP contribution in [0.1, 0.15) is 25.7 Å². The molecule has 0 unspecified atom stereocenters. The highest BCUT2D eigenvalue weighted by atomic mass is 35.5. The zero-order valence-corrected chi connectivity index (χ0v) is 23.9. The molecule has 0 spiro atoms. The van der Waals surface area contributed by atoms with Crippen LogP contribution in [0.3, 0.4) is 0 Å². The van der Waals surface area contributed by atoms with Crippen LogP contribution in [-0.4, -0.2) is 62.6 Å². The van der Waals surface area contributed by atoms with E-state index in [0.29, 0.717) is 6.54 Å². The van der Waals surface area contributed by atoms with Crippen LogP contribution >= 0.6 is 12.4 Å². The van der Waals surface area contributed by atoms with Gasteiger partial charge in [0, 0.05) is 47.9 Å². The largest absolute Gasteiger partial charge is 0.481 e. The zero-order chi connectivity index (χ0) is 26.9. The highest BCUT2D eigenvalue weighted by Crippen LogP contribution is 2.36. The van der Waals surface area contributed by atoms with E-state index < -0.39 is 15.9 Å². The Labute approximate surface area is 234 Å². The molecule has 0 bridgehead atoms. The van der Waals surface area contributed by atoms with Gasteiger partial charge in [-0.2, -0.15) is 9.29 Å². The summed E-state index contributed by atoms with van der Waals surface area (Å²) >= 11 is 0. The van der Waals surface area contributed by atoms with Crippen molar-refractivity contribution in [1.82, 2.24) is 14.5 Å². The number of sulfonamides is 1. The Morgan fingerprint density at radius 2 is 1.67 bits per heavy atom. The molecule has 1 aliphatic rings. The number of hydrogen-bond donors (Lipinski definition) is 0. The molecule has 208 valence electrons. The van der Waals surface area contributed by atoms with Crippen molar-refractivity contribution in [3.05, 3.63) is 54.6 Å². The number of carbonyl (C=O) groups excluding carboxylic acids is 1. The molecule has 11 heteroatoms. The van der Waals surface area contributed by atoms with Gasteiger partial charge >= 0.3 is 0 Å². The van der Waals surface area contributed by atoms with E-state index in [1.807, 2.05) is 35.9 Å². The third-order valence-corrected chi connectivity index (χ3v) is 8.91. The summed E-state index contributed by atoms with van der Waals surface area (Å²) in [6.07, 6.45) is 3.39. The summed E-state index contributed by atoms with van der Waals surface area (Å²) in [4.78, 5) is 20.2. The van der Waals surface area contributed by atoms with Gasteiger partial charge in [0.25, 0.3) is 10.0 Å². The van der Waals surface area contributed by atoms with Gasteiger partial charge < -0.3 is 18.9 Å². The van der Waals surface area contributed by atoms with E-state index in [1.54, 1.807) is 18.2 Å². The zero-order valence-electron chi connectivity index (χ0n) is 22.3. The van der Waals surface area contributed by atoms with Gasteiger partial charge in [-0.25, -0.2) is 8.42 Å². The molecule has 5 rings (SSSR count). The van der Waals surface area contributed by atoms with E-state index in [4.69, 9.17) is 9.47 Å². The molecule has 0 aliphatic carbocycles. The van der Waals surface area contributed by atoms with Gasteiger partial charge in [-0.05, 0) is 56.3 Å². The minimum Gasteiger partial charge on any atom is -0.481 e. The lowest BCUT2D eigenvalue weighted by molar-refractivity contribution is -0.117. The highest BCUT2D eigenvalue weighted by Gasteiger charge is 2.34. The first-order chi connectivity index (χ1) is 18.3. The Balaban J connectivity index is 0.00000353. The number of likely N-dealkylation sites (tertiary alicyclic amines) is 1. The predicted molar refractivity (Wildman–Crippen MR) is 155 cm³/mol. The summed E-state index contributed by atoms with van der Waals surface area (Å²) in [5.74, 6) is -0.301. The number of nitrogens with zero attached hydrogens (tertiary/aromatic N) is 4. The maximum absolute atomic E-state index is 14.2. The van der Waals surface area contributed by atoms with Crippen LogP contribution in [0.5, 0.6) is 11.8 Å². The van der Waals surface area contributed by atoms with Crippen LogP contribution in [0.15, 0.2) is 59.5 Å².